The molecule has 0 saturated heterocycles. The first-order valence-electron chi connectivity index (χ1n) is 7.16. The fraction of sp³-hybridized carbons (Fsp3) is 0.125. The van der Waals surface area contributed by atoms with Crippen LogP contribution in [-0.2, 0) is 4.79 Å². The number of anilines is 1. The predicted octanol–water partition coefficient (Wildman–Crippen LogP) is 1.89. The minimum Gasteiger partial charge on any atom is -0.493 e. The Morgan fingerprint density at radius 3 is 2.67 bits per heavy atom. The Kier molecular flexibility index (Phi) is 4.66. The SMILES string of the molecule is COc1ccccc1OCC(=O)Nc1nnc(-c2ccccn2)[nH]1. The molecule has 0 aliphatic carbocycles. The summed E-state index contributed by atoms with van der Waals surface area (Å²) >= 11 is 0. The molecule has 8 heteroatoms. The number of nitrogens with zero attached hydrogens (tertiary/aromatic N) is 3. The Labute approximate surface area is 137 Å². The molecule has 2 heterocycles. The minimum atomic E-state index is -0.371. The number of carbonyl (C=O) groups is 1. The van der Waals surface area contributed by atoms with Crippen molar-refractivity contribution in [2.45, 2.75) is 0 Å². The van der Waals surface area contributed by atoms with E-state index in [1.54, 1.807) is 36.5 Å². The number of amides is 1. The number of hydrogen-bond donors (Lipinski definition) is 2. The Morgan fingerprint density at radius 2 is 1.92 bits per heavy atom. The number of benzene rings is 1. The van der Waals surface area contributed by atoms with Gasteiger partial charge in [0.05, 0.1) is 7.11 Å². The van der Waals surface area contributed by atoms with E-state index in [2.05, 4.69) is 25.5 Å². The van der Waals surface area contributed by atoms with Crippen LogP contribution in [0.25, 0.3) is 11.5 Å². The van der Waals surface area contributed by atoms with Gasteiger partial charge in [-0.15, -0.1) is 10.2 Å². The van der Waals surface area contributed by atoms with Crippen molar-refractivity contribution in [3.05, 3.63) is 48.7 Å². The zero-order valence-electron chi connectivity index (χ0n) is 12.9. The van der Waals surface area contributed by atoms with Gasteiger partial charge in [-0.25, -0.2) is 0 Å². The van der Waals surface area contributed by atoms with Gasteiger partial charge in [-0.1, -0.05) is 18.2 Å². The average molecular weight is 325 g/mol. The molecule has 0 saturated carbocycles. The number of aromatic amines is 1. The highest BCUT2D eigenvalue weighted by atomic mass is 16.5. The monoisotopic (exact) mass is 325 g/mol. The molecule has 24 heavy (non-hydrogen) atoms. The van der Waals surface area contributed by atoms with E-state index < -0.39 is 0 Å². The van der Waals surface area contributed by atoms with Crippen LogP contribution in [0.1, 0.15) is 0 Å². The lowest BCUT2D eigenvalue weighted by molar-refractivity contribution is -0.118. The van der Waals surface area contributed by atoms with Gasteiger partial charge < -0.3 is 14.5 Å². The molecular formula is C16H15N5O3. The van der Waals surface area contributed by atoms with Crippen LogP contribution in [0.5, 0.6) is 11.5 Å². The van der Waals surface area contributed by atoms with Crippen LogP contribution >= 0.6 is 0 Å². The maximum atomic E-state index is 12.0. The number of rotatable bonds is 6. The van der Waals surface area contributed by atoms with Gasteiger partial charge in [0.25, 0.3) is 5.91 Å². The third-order valence-electron chi connectivity index (χ3n) is 3.08. The van der Waals surface area contributed by atoms with E-state index in [0.29, 0.717) is 23.0 Å². The van der Waals surface area contributed by atoms with Gasteiger partial charge in [0.1, 0.15) is 5.69 Å². The number of aromatic nitrogens is 4. The second-order valence-corrected chi connectivity index (χ2v) is 4.72. The van der Waals surface area contributed by atoms with E-state index in [1.165, 1.54) is 7.11 Å². The van der Waals surface area contributed by atoms with Crippen LogP contribution in [0.15, 0.2) is 48.7 Å². The Hall–Kier alpha value is -3.42. The number of pyridine rings is 1. The molecule has 0 atom stereocenters. The van der Waals surface area contributed by atoms with E-state index in [1.807, 2.05) is 12.1 Å². The molecule has 3 rings (SSSR count). The van der Waals surface area contributed by atoms with Crippen molar-refractivity contribution in [2.75, 3.05) is 19.0 Å². The van der Waals surface area contributed by atoms with Crippen LogP contribution in [-0.4, -0.2) is 39.8 Å². The fourth-order valence-electron chi connectivity index (χ4n) is 1.99. The molecule has 0 aliphatic rings. The van der Waals surface area contributed by atoms with Crippen molar-refractivity contribution in [2.24, 2.45) is 0 Å². The maximum Gasteiger partial charge on any atom is 0.264 e. The summed E-state index contributed by atoms with van der Waals surface area (Å²) in [6.45, 7) is -0.181. The van der Waals surface area contributed by atoms with E-state index in [0.717, 1.165) is 0 Å². The summed E-state index contributed by atoms with van der Waals surface area (Å²) in [4.78, 5) is 19.0. The standard InChI is InChI=1S/C16H15N5O3/c1-23-12-7-2-3-8-13(12)24-10-14(22)18-16-19-15(20-21-16)11-6-4-5-9-17-11/h2-9H,10H2,1H3,(H2,18,19,20,21,22). The summed E-state index contributed by atoms with van der Waals surface area (Å²) in [6, 6.07) is 12.5. The highest BCUT2D eigenvalue weighted by Gasteiger charge is 2.11. The third kappa shape index (κ3) is 3.67. The summed E-state index contributed by atoms with van der Waals surface area (Å²) < 4.78 is 10.6. The van der Waals surface area contributed by atoms with Gasteiger partial charge in [0.2, 0.25) is 5.95 Å². The number of ether oxygens (including phenoxy) is 2. The summed E-state index contributed by atoms with van der Waals surface area (Å²) in [6.07, 6.45) is 1.65. The number of methoxy groups -OCH3 is 1. The third-order valence-corrected chi connectivity index (χ3v) is 3.08. The molecule has 2 aromatic heterocycles. The second-order valence-electron chi connectivity index (χ2n) is 4.72. The number of H-pyrrole nitrogens is 1. The van der Waals surface area contributed by atoms with Crippen LogP contribution in [0.2, 0.25) is 0 Å². The van der Waals surface area contributed by atoms with Crippen molar-refractivity contribution in [1.82, 2.24) is 20.2 Å². The van der Waals surface area contributed by atoms with E-state index in [4.69, 9.17) is 9.47 Å². The highest BCUT2D eigenvalue weighted by Crippen LogP contribution is 2.25. The topological polar surface area (TPSA) is 102 Å². The molecule has 0 spiro atoms. The molecule has 0 aliphatic heterocycles. The number of nitrogens with one attached hydrogen (secondary N) is 2. The van der Waals surface area contributed by atoms with E-state index in [9.17, 15) is 4.79 Å². The largest absolute Gasteiger partial charge is 0.493 e. The molecule has 8 nitrogen and oxygen atoms in total. The molecule has 0 radical (unpaired) electrons. The van der Waals surface area contributed by atoms with Crippen LogP contribution in [0.3, 0.4) is 0 Å². The van der Waals surface area contributed by atoms with E-state index >= 15 is 0 Å². The van der Waals surface area contributed by atoms with Crippen molar-refractivity contribution >= 4 is 11.9 Å². The van der Waals surface area contributed by atoms with Gasteiger partial charge in [-0.2, -0.15) is 0 Å². The molecule has 2 N–H and O–H groups in total. The second kappa shape index (κ2) is 7.23. The Balaban J connectivity index is 1.58. The summed E-state index contributed by atoms with van der Waals surface area (Å²) in [5.41, 5.74) is 0.635. The van der Waals surface area contributed by atoms with Gasteiger partial charge in [-0.05, 0) is 24.3 Å². The number of carbonyl (C=O) groups excluding carboxylic acids is 1. The van der Waals surface area contributed by atoms with Gasteiger partial charge >= 0.3 is 0 Å². The molecule has 0 unspecified atom stereocenters. The number of para-hydroxylation sites is 2. The van der Waals surface area contributed by atoms with Crippen LogP contribution in [0.4, 0.5) is 5.95 Å². The molecule has 0 fully saturated rings. The molecule has 3 aromatic rings. The molecule has 1 amide bonds. The van der Waals surface area contributed by atoms with Crippen LogP contribution < -0.4 is 14.8 Å². The number of hydrogen-bond acceptors (Lipinski definition) is 6. The molecule has 0 bridgehead atoms. The zero-order valence-corrected chi connectivity index (χ0v) is 12.9. The summed E-state index contributed by atoms with van der Waals surface area (Å²) in [5.74, 6) is 1.37. The van der Waals surface area contributed by atoms with Gasteiger partial charge in [-0.3, -0.25) is 15.1 Å². The molecule has 1 aromatic carbocycles. The molecule has 122 valence electrons. The first kappa shape index (κ1) is 15.5. The first-order valence-corrected chi connectivity index (χ1v) is 7.16. The smallest absolute Gasteiger partial charge is 0.264 e. The summed E-state index contributed by atoms with van der Waals surface area (Å²) in [5, 5.41) is 10.4. The fourth-order valence-corrected chi connectivity index (χ4v) is 1.99. The maximum absolute atomic E-state index is 12.0. The normalized spacial score (nSPS) is 10.2. The van der Waals surface area contributed by atoms with Crippen LogP contribution in [0, 0.1) is 0 Å². The first-order chi connectivity index (χ1) is 11.8. The Bertz CT molecular complexity index is 819. The van der Waals surface area contributed by atoms with Crippen molar-refractivity contribution in [3.63, 3.8) is 0 Å². The van der Waals surface area contributed by atoms with Crippen molar-refractivity contribution < 1.29 is 14.3 Å². The Morgan fingerprint density at radius 1 is 1.12 bits per heavy atom. The zero-order chi connectivity index (χ0) is 16.8. The molecular weight excluding hydrogens is 310 g/mol. The average Bonchev–Trinajstić information content (AvgIpc) is 3.09. The summed E-state index contributed by atoms with van der Waals surface area (Å²) in [7, 11) is 1.54. The van der Waals surface area contributed by atoms with Crippen molar-refractivity contribution in [3.8, 4) is 23.0 Å². The lowest BCUT2D eigenvalue weighted by Crippen LogP contribution is -2.21. The quantitative estimate of drug-likeness (QED) is 0.717. The highest BCUT2D eigenvalue weighted by molar-refractivity contribution is 5.90. The van der Waals surface area contributed by atoms with Gasteiger partial charge in [0.15, 0.2) is 23.9 Å². The predicted molar refractivity (Wildman–Crippen MR) is 86.7 cm³/mol. The lowest BCUT2D eigenvalue weighted by atomic mass is 10.3. The van der Waals surface area contributed by atoms with Gasteiger partial charge in [0, 0.05) is 6.20 Å². The lowest BCUT2D eigenvalue weighted by Gasteiger charge is -2.09. The van der Waals surface area contributed by atoms with Crippen molar-refractivity contribution in [1.29, 1.82) is 0 Å². The minimum absolute atomic E-state index is 0.181. The van der Waals surface area contributed by atoms with E-state index in [-0.39, 0.29) is 18.5 Å².